The van der Waals surface area contributed by atoms with Crippen molar-refractivity contribution in [3.63, 3.8) is 0 Å². The number of carbonyl (C=O) groups excluding carboxylic acids is 1. The van der Waals surface area contributed by atoms with E-state index in [-0.39, 0.29) is 5.78 Å². The Balaban J connectivity index is 2.15. The van der Waals surface area contributed by atoms with E-state index in [0.717, 1.165) is 0 Å². The van der Waals surface area contributed by atoms with Crippen LogP contribution in [0, 0.1) is 0 Å². The lowest BCUT2D eigenvalue weighted by atomic mass is 10.1. The molecule has 0 spiro atoms. The molecule has 0 N–H and O–H groups in total. The van der Waals surface area contributed by atoms with Crippen LogP contribution in [0.2, 0.25) is 10.0 Å². The number of carbonyl (C=O) groups is 1. The lowest BCUT2D eigenvalue weighted by Gasteiger charge is -2.15. The molecule has 0 aliphatic rings. The Labute approximate surface area is 121 Å². The van der Waals surface area contributed by atoms with E-state index in [0.29, 0.717) is 21.4 Å². The molecule has 0 saturated heterocycles. The molecule has 19 heavy (non-hydrogen) atoms. The third-order valence-corrected chi connectivity index (χ3v) is 3.17. The largest absolute Gasteiger partial charge is 0.481 e. The molecule has 2 nitrogen and oxygen atoms in total. The molecular formula is C15H12Cl2O2. The molecule has 0 bridgehead atoms. The number of benzene rings is 2. The van der Waals surface area contributed by atoms with Gasteiger partial charge in [0, 0.05) is 16.7 Å². The highest BCUT2D eigenvalue weighted by Crippen LogP contribution is 2.28. The number of ketones is 1. The predicted molar refractivity (Wildman–Crippen MR) is 77.3 cm³/mol. The SMILES string of the molecule is C[C@H](Oc1cc(Cl)ccc1Cl)C(=O)c1ccccc1. The Kier molecular flexibility index (Phi) is 4.46. The Morgan fingerprint density at radius 3 is 2.47 bits per heavy atom. The third kappa shape index (κ3) is 3.49. The van der Waals surface area contributed by atoms with E-state index in [9.17, 15) is 4.79 Å². The highest BCUT2D eigenvalue weighted by atomic mass is 35.5. The fraction of sp³-hybridized carbons (Fsp3) is 0.133. The van der Waals surface area contributed by atoms with Crippen molar-refractivity contribution in [2.75, 3.05) is 0 Å². The van der Waals surface area contributed by atoms with E-state index in [1.165, 1.54) is 0 Å². The zero-order valence-corrected chi connectivity index (χ0v) is 11.8. The molecule has 0 heterocycles. The molecule has 0 radical (unpaired) electrons. The van der Waals surface area contributed by atoms with Crippen LogP contribution in [0.1, 0.15) is 17.3 Å². The Morgan fingerprint density at radius 1 is 1.11 bits per heavy atom. The molecule has 0 aromatic heterocycles. The van der Waals surface area contributed by atoms with Gasteiger partial charge in [-0.25, -0.2) is 0 Å². The summed E-state index contributed by atoms with van der Waals surface area (Å²) >= 11 is 11.9. The minimum absolute atomic E-state index is 0.100. The van der Waals surface area contributed by atoms with Gasteiger partial charge >= 0.3 is 0 Å². The van der Waals surface area contributed by atoms with E-state index in [2.05, 4.69) is 0 Å². The van der Waals surface area contributed by atoms with E-state index in [1.807, 2.05) is 18.2 Å². The van der Waals surface area contributed by atoms with Gasteiger partial charge in [0.15, 0.2) is 6.10 Å². The van der Waals surface area contributed by atoms with Gasteiger partial charge in [-0.3, -0.25) is 4.79 Å². The fourth-order valence-corrected chi connectivity index (χ4v) is 1.97. The van der Waals surface area contributed by atoms with Crippen molar-refractivity contribution in [2.24, 2.45) is 0 Å². The van der Waals surface area contributed by atoms with Crippen molar-refractivity contribution in [3.8, 4) is 5.75 Å². The first-order chi connectivity index (χ1) is 9.08. The summed E-state index contributed by atoms with van der Waals surface area (Å²) in [5.41, 5.74) is 0.605. The number of ether oxygens (including phenoxy) is 1. The summed E-state index contributed by atoms with van der Waals surface area (Å²) in [6.07, 6.45) is -0.627. The monoisotopic (exact) mass is 294 g/mol. The standard InChI is InChI=1S/C15H12Cl2O2/c1-10(15(18)11-5-3-2-4-6-11)19-14-9-12(16)7-8-13(14)17/h2-10H,1H3/t10-/m0/s1. The molecular weight excluding hydrogens is 283 g/mol. The average molecular weight is 295 g/mol. The Bertz CT molecular complexity index is 582. The van der Waals surface area contributed by atoms with Crippen LogP contribution in [0.15, 0.2) is 48.5 Å². The maximum absolute atomic E-state index is 12.1. The third-order valence-electron chi connectivity index (χ3n) is 2.62. The first-order valence-electron chi connectivity index (χ1n) is 5.79. The number of halogens is 2. The molecule has 2 rings (SSSR count). The van der Waals surface area contributed by atoms with Gasteiger partial charge in [-0.2, -0.15) is 0 Å². The maximum atomic E-state index is 12.1. The van der Waals surface area contributed by atoms with Crippen molar-refractivity contribution in [1.29, 1.82) is 0 Å². The first kappa shape index (κ1) is 13.9. The summed E-state index contributed by atoms with van der Waals surface area (Å²) in [7, 11) is 0. The second-order valence-corrected chi connectivity index (χ2v) is 4.91. The number of rotatable bonds is 4. The molecule has 98 valence electrons. The molecule has 0 amide bonds. The summed E-state index contributed by atoms with van der Waals surface area (Å²) in [5, 5.41) is 0.941. The van der Waals surface area contributed by atoms with Gasteiger partial charge in [-0.05, 0) is 19.1 Å². The summed E-state index contributed by atoms with van der Waals surface area (Å²) in [6.45, 7) is 1.69. The first-order valence-corrected chi connectivity index (χ1v) is 6.54. The molecule has 0 aliphatic carbocycles. The van der Waals surface area contributed by atoms with Crippen LogP contribution in [-0.2, 0) is 0 Å². The highest BCUT2D eigenvalue weighted by molar-refractivity contribution is 6.34. The molecule has 1 atom stereocenters. The molecule has 0 aliphatic heterocycles. The van der Waals surface area contributed by atoms with Gasteiger partial charge in [0.1, 0.15) is 5.75 Å². The molecule has 0 fully saturated rings. The summed E-state index contributed by atoms with van der Waals surface area (Å²) in [5.74, 6) is 0.308. The van der Waals surface area contributed by atoms with Gasteiger partial charge in [0.05, 0.1) is 5.02 Å². The van der Waals surface area contributed by atoms with Gasteiger partial charge in [0.2, 0.25) is 5.78 Å². The van der Waals surface area contributed by atoms with Gasteiger partial charge in [-0.1, -0.05) is 53.5 Å². The Morgan fingerprint density at radius 2 is 1.79 bits per heavy atom. The smallest absolute Gasteiger partial charge is 0.202 e. The van der Waals surface area contributed by atoms with Crippen molar-refractivity contribution in [3.05, 3.63) is 64.1 Å². The van der Waals surface area contributed by atoms with Gasteiger partial charge < -0.3 is 4.74 Å². The van der Waals surface area contributed by atoms with Gasteiger partial charge in [0.25, 0.3) is 0 Å². The van der Waals surface area contributed by atoms with E-state index < -0.39 is 6.10 Å². The Hall–Kier alpha value is -1.51. The molecule has 0 saturated carbocycles. The van der Waals surface area contributed by atoms with E-state index in [4.69, 9.17) is 27.9 Å². The maximum Gasteiger partial charge on any atom is 0.202 e. The van der Waals surface area contributed by atoms with Crippen LogP contribution in [0.5, 0.6) is 5.75 Å². The lowest BCUT2D eigenvalue weighted by molar-refractivity contribution is 0.0818. The predicted octanol–water partition coefficient (Wildman–Crippen LogP) is 4.64. The second kappa shape index (κ2) is 6.09. The normalized spacial score (nSPS) is 11.9. The van der Waals surface area contributed by atoms with Crippen molar-refractivity contribution in [2.45, 2.75) is 13.0 Å². The number of hydrogen-bond donors (Lipinski definition) is 0. The van der Waals surface area contributed by atoms with Crippen molar-refractivity contribution < 1.29 is 9.53 Å². The molecule has 0 unspecified atom stereocenters. The van der Waals surface area contributed by atoms with E-state index >= 15 is 0 Å². The van der Waals surface area contributed by atoms with Crippen LogP contribution >= 0.6 is 23.2 Å². The fourth-order valence-electron chi connectivity index (χ4n) is 1.65. The molecule has 2 aromatic carbocycles. The molecule has 4 heteroatoms. The van der Waals surface area contributed by atoms with E-state index in [1.54, 1.807) is 37.3 Å². The topological polar surface area (TPSA) is 26.3 Å². The quantitative estimate of drug-likeness (QED) is 0.768. The van der Waals surface area contributed by atoms with Crippen molar-refractivity contribution >= 4 is 29.0 Å². The van der Waals surface area contributed by atoms with Crippen molar-refractivity contribution in [1.82, 2.24) is 0 Å². The van der Waals surface area contributed by atoms with Crippen LogP contribution in [0.3, 0.4) is 0 Å². The minimum atomic E-state index is -0.627. The second-order valence-electron chi connectivity index (χ2n) is 4.07. The van der Waals surface area contributed by atoms with Crippen LogP contribution < -0.4 is 4.74 Å². The number of hydrogen-bond acceptors (Lipinski definition) is 2. The highest BCUT2D eigenvalue weighted by Gasteiger charge is 2.17. The molecule has 2 aromatic rings. The van der Waals surface area contributed by atoms with Crippen LogP contribution in [0.25, 0.3) is 0 Å². The lowest BCUT2D eigenvalue weighted by Crippen LogP contribution is -2.23. The summed E-state index contributed by atoms with van der Waals surface area (Å²) in [6, 6.07) is 13.9. The minimum Gasteiger partial charge on any atom is -0.481 e. The summed E-state index contributed by atoms with van der Waals surface area (Å²) < 4.78 is 5.58. The average Bonchev–Trinajstić information content (AvgIpc) is 2.43. The van der Waals surface area contributed by atoms with Crippen LogP contribution in [-0.4, -0.2) is 11.9 Å². The zero-order chi connectivity index (χ0) is 13.8. The van der Waals surface area contributed by atoms with Crippen LogP contribution in [0.4, 0.5) is 0 Å². The summed E-state index contributed by atoms with van der Waals surface area (Å²) in [4.78, 5) is 12.1. The number of Topliss-reactive ketones (excluding diaryl/α,β-unsaturated/α-hetero) is 1. The van der Waals surface area contributed by atoms with Gasteiger partial charge in [-0.15, -0.1) is 0 Å². The zero-order valence-electron chi connectivity index (χ0n) is 10.3.